The maximum absolute atomic E-state index is 6.00. The Bertz CT molecular complexity index is 439. The van der Waals surface area contributed by atoms with E-state index in [0.29, 0.717) is 0 Å². The highest BCUT2D eigenvalue weighted by molar-refractivity contribution is 5.31. The molecule has 0 aromatic heterocycles. The van der Waals surface area contributed by atoms with Crippen LogP contribution in [0, 0.1) is 25.7 Å². The summed E-state index contributed by atoms with van der Waals surface area (Å²) in [4.78, 5) is 0. The van der Waals surface area contributed by atoms with Gasteiger partial charge in [0, 0.05) is 13.5 Å². The molecule has 0 bridgehead atoms. The predicted molar refractivity (Wildman–Crippen MR) is 86.2 cm³/mol. The number of aryl methyl sites for hydroxylation is 2. The molecule has 1 aliphatic rings. The highest BCUT2D eigenvalue weighted by Crippen LogP contribution is 2.40. The van der Waals surface area contributed by atoms with Crippen molar-refractivity contribution in [3.63, 3.8) is 0 Å². The highest BCUT2D eigenvalue weighted by atomic mass is 16.5. The van der Waals surface area contributed by atoms with Gasteiger partial charge >= 0.3 is 0 Å². The molecule has 0 radical (unpaired) electrons. The number of hydrogen-bond donors (Lipinski definition) is 0. The normalized spacial score (nSPS) is 27.0. The first kappa shape index (κ1) is 15.6. The van der Waals surface area contributed by atoms with E-state index in [1.54, 1.807) is 0 Å². The van der Waals surface area contributed by atoms with E-state index in [0.717, 1.165) is 18.3 Å². The van der Waals surface area contributed by atoms with Crippen LogP contribution in [0.3, 0.4) is 0 Å². The van der Waals surface area contributed by atoms with Gasteiger partial charge in [-0.25, -0.2) is 0 Å². The van der Waals surface area contributed by atoms with Gasteiger partial charge in [-0.2, -0.15) is 0 Å². The van der Waals surface area contributed by atoms with Crippen molar-refractivity contribution in [2.24, 2.45) is 11.8 Å². The molecule has 0 unspecified atom stereocenters. The molecular formula is C19H30O. The first-order valence-corrected chi connectivity index (χ1v) is 8.07. The summed E-state index contributed by atoms with van der Waals surface area (Å²) in [6.45, 7) is 9.10. The third-order valence-corrected chi connectivity index (χ3v) is 5.33. The lowest BCUT2D eigenvalue weighted by molar-refractivity contribution is -0.0526. The number of methoxy groups -OCH3 is 1. The first-order valence-electron chi connectivity index (χ1n) is 8.07. The summed E-state index contributed by atoms with van der Waals surface area (Å²) in [5.41, 5.74) is 4.29. The van der Waals surface area contributed by atoms with E-state index < -0.39 is 0 Å². The van der Waals surface area contributed by atoms with Crippen LogP contribution in [0.25, 0.3) is 0 Å². The fraction of sp³-hybridized carbons (Fsp3) is 0.684. The minimum atomic E-state index is 0.0748. The maximum atomic E-state index is 6.00. The zero-order chi connectivity index (χ0) is 14.8. The molecule has 1 fully saturated rings. The Balaban J connectivity index is 2.09. The maximum Gasteiger partial charge on any atom is 0.0719 e. The van der Waals surface area contributed by atoms with Crippen LogP contribution in [-0.2, 0) is 11.2 Å². The third kappa shape index (κ3) is 3.44. The first-order chi connectivity index (χ1) is 9.46. The van der Waals surface area contributed by atoms with Gasteiger partial charge < -0.3 is 4.74 Å². The number of ether oxygens (including phenoxy) is 1. The molecule has 1 aliphatic carbocycles. The minimum Gasteiger partial charge on any atom is -0.378 e. The molecule has 1 heteroatoms. The second kappa shape index (κ2) is 6.30. The second-order valence-corrected chi connectivity index (χ2v) is 7.08. The lowest BCUT2D eigenvalue weighted by Crippen LogP contribution is -2.39. The molecule has 0 heterocycles. The minimum absolute atomic E-state index is 0.0748. The zero-order valence-corrected chi connectivity index (χ0v) is 13.8. The molecule has 0 N–H and O–H groups in total. The second-order valence-electron chi connectivity index (χ2n) is 7.08. The van der Waals surface area contributed by atoms with Crippen LogP contribution in [0.5, 0.6) is 0 Å². The fourth-order valence-corrected chi connectivity index (χ4v) is 3.68. The van der Waals surface area contributed by atoms with E-state index in [4.69, 9.17) is 4.74 Å². The molecule has 1 aromatic rings. The van der Waals surface area contributed by atoms with E-state index in [-0.39, 0.29) is 5.60 Å². The van der Waals surface area contributed by atoms with Crippen molar-refractivity contribution in [2.75, 3.05) is 7.11 Å². The molecule has 0 aliphatic heterocycles. The molecular weight excluding hydrogens is 244 g/mol. The predicted octanol–water partition coefficient (Wildman–Crippen LogP) is 5.08. The van der Waals surface area contributed by atoms with Crippen molar-refractivity contribution in [3.05, 3.63) is 34.9 Å². The van der Waals surface area contributed by atoms with Crippen molar-refractivity contribution in [1.82, 2.24) is 0 Å². The fourth-order valence-electron chi connectivity index (χ4n) is 3.68. The average molecular weight is 274 g/mol. The van der Waals surface area contributed by atoms with Crippen molar-refractivity contribution in [3.8, 4) is 0 Å². The third-order valence-electron chi connectivity index (χ3n) is 5.33. The Kier molecular flexibility index (Phi) is 4.90. The molecule has 20 heavy (non-hydrogen) atoms. The number of rotatable bonds is 4. The summed E-state index contributed by atoms with van der Waals surface area (Å²) in [6, 6.07) is 6.81. The van der Waals surface area contributed by atoms with Gasteiger partial charge in [-0.1, -0.05) is 37.6 Å². The van der Waals surface area contributed by atoms with Gasteiger partial charge in [0.1, 0.15) is 0 Å². The molecule has 1 saturated carbocycles. The van der Waals surface area contributed by atoms with E-state index in [1.807, 2.05) is 7.11 Å². The molecule has 1 aromatic carbocycles. The Labute approximate surface area is 124 Å². The molecule has 0 saturated heterocycles. The van der Waals surface area contributed by atoms with Gasteiger partial charge in [-0.05, 0) is 62.5 Å². The number of benzene rings is 1. The van der Waals surface area contributed by atoms with E-state index in [9.17, 15) is 0 Å². The van der Waals surface area contributed by atoms with E-state index in [1.165, 1.54) is 42.4 Å². The summed E-state index contributed by atoms with van der Waals surface area (Å²) in [6.07, 6.45) is 6.12. The quantitative estimate of drug-likeness (QED) is 0.744. The summed E-state index contributed by atoms with van der Waals surface area (Å²) < 4.78 is 6.00. The summed E-state index contributed by atoms with van der Waals surface area (Å²) in [5, 5.41) is 0. The summed E-state index contributed by atoms with van der Waals surface area (Å²) in [7, 11) is 1.90. The molecule has 0 amide bonds. The van der Waals surface area contributed by atoms with Crippen LogP contribution in [-0.4, -0.2) is 12.7 Å². The van der Waals surface area contributed by atoms with Gasteiger partial charge in [0.2, 0.25) is 0 Å². The van der Waals surface area contributed by atoms with E-state index in [2.05, 4.69) is 45.9 Å². The standard InChI is InChI=1S/C19H30O/c1-14(2)17-8-10-19(20-5,11-9-17)13-18-7-6-15(3)12-16(18)4/h6-7,12,14,17H,8-11,13H2,1-5H3. The van der Waals surface area contributed by atoms with Crippen molar-refractivity contribution < 1.29 is 4.74 Å². The van der Waals surface area contributed by atoms with Crippen LogP contribution in [0.2, 0.25) is 0 Å². The molecule has 2 rings (SSSR count). The zero-order valence-electron chi connectivity index (χ0n) is 13.8. The Morgan fingerprint density at radius 1 is 1.20 bits per heavy atom. The lowest BCUT2D eigenvalue weighted by Gasteiger charge is -2.41. The molecule has 0 spiro atoms. The van der Waals surface area contributed by atoms with Crippen LogP contribution < -0.4 is 0 Å². The van der Waals surface area contributed by atoms with Crippen molar-refractivity contribution >= 4 is 0 Å². The number of hydrogen-bond acceptors (Lipinski definition) is 1. The summed E-state index contributed by atoms with van der Waals surface area (Å²) >= 11 is 0. The lowest BCUT2D eigenvalue weighted by atomic mass is 9.72. The Morgan fingerprint density at radius 2 is 1.85 bits per heavy atom. The molecule has 0 atom stereocenters. The van der Waals surface area contributed by atoms with E-state index >= 15 is 0 Å². The highest BCUT2D eigenvalue weighted by Gasteiger charge is 2.36. The topological polar surface area (TPSA) is 9.23 Å². The van der Waals surface area contributed by atoms with Gasteiger partial charge in [0.05, 0.1) is 5.60 Å². The summed E-state index contributed by atoms with van der Waals surface area (Å²) in [5.74, 6) is 1.70. The van der Waals surface area contributed by atoms with Crippen LogP contribution in [0.15, 0.2) is 18.2 Å². The van der Waals surface area contributed by atoms with Crippen molar-refractivity contribution in [1.29, 1.82) is 0 Å². The molecule has 112 valence electrons. The van der Waals surface area contributed by atoms with Gasteiger partial charge in [0.25, 0.3) is 0 Å². The van der Waals surface area contributed by atoms with Gasteiger partial charge in [0.15, 0.2) is 0 Å². The van der Waals surface area contributed by atoms with Crippen LogP contribution >= 0.6 is 0 Å². The smallest absolute Gasteiger partial charge is 0.0719 e. The SMILES string of the molecule is COC1(Cc2ccc(C)cc2C)CCC(C(C)C)CC1. The monoisotopic (exact) mass is 274 g/mol. The van der Waals surface area contributed by atoms with Gasteiger partial charge in [-0.15, -0.1) is 0 Å². The Hall–Kier alpha value is -0.820. The Morgan fingerprint density at radius 3 is 2.35 bits per heavy atom. The average Bonchev–Trinajstić information content (AvgIpc) is 2.42. The van der Waals surface area contributed by atoms with Crippen LogP contribution in [0.4, 0.5) is 0 Å². The van der Waals surface area contributed by atoms with Gasteiger partial charge in [-0.3, -0.25) is 0 Å². The largest absolute Gasteiger partial charge is 0.378 e. The van der Waals surface area contributed by atoms with Crippen molar-refractivity contribution in [2.45, 2.75) is 65.4 Å². The van der Waals surface area contributed by atoms with Crippen LogP contribution in [0.1, 0.15) is 56.2 Å². The molecule has 1 nitrogen and oxygen atoms in total.